The number of amides is 1. The lowest BCUT2D eigenvalue weighted by Crippen LogP contribution is -2.22. The SMILES string of the molecule is CCOc1ccc(NC(=O)c2ccc(=O)n(Cc3ccc(Cl)cc3)c2)cc1. The van der Waals surface area contributed by atoms with Crippen molar-refractivity contribution in [1.82, 2.24) is 4.57 Å². The topological polar surface area (TPSA) is 60.3 Å². The highest BCUT2D eigenvalue weighted by molar-refractivity contribution is 6.30. The van der Waals surface area contributed by atoms with Gasteiger partial charge in [-0.2, -0.15) is 0 Å². The fourth-order valence-corrected chi connectivity index (χ4v) is 2.71. The molecule has 0 spiro atoms. The largest absolute Gasteiger partial charge is 0.494 e. The van der Waals surface area contributed by atoms with E-state index in [2.05, 4.69) is 5.32 Å². The van der Waals surface area contributed by atoms with Crippen LogP contribution in [0.1, 0.15) is 22.8 Å². The summed E-state index contributed by atoms with van der Waals surface area (Å²) in [6.45, 7) is 2.86. The predicted molar refractivity (Wildman–Crippen MR) is 107 cm³/mol. The molecule has 0 bridgehead atoms. The second-order valence-electron chi connectivity index (χ2n) is 5.92. The van der Waals surface area contributed by atoms with Crippen LogP contribution in [0.25, 0.3) is 0 Å². The molecule has 3 rings (SSSR count). The van der Waals surface area contributed by atoms with Crippen LogP contribution in [0.4, 0.5) is 5.69 Å². The fraction of sp³-hybridized carbons (Fsp3) is 0.143. The molecule has 0 aliphatic heterocycles. The van der Waals surface area contributed by atoms with Crippen LogP contribution >= 0.6 is 11.6 Å². The van der Waals surface area contributed by atoms with Gasteiger partial charge < -0.3 is 14.6 Å². The number of halogens is 1. The van der Waals surface area contributed by atoms with E-state index in [0.717, 1.165) is 11.3 Å². The lowest BCUT2D eigenvalue weighted by Gasteiger charge is -2.10. The fourth-order valence-electron chi connectivity index (χ4n) is 2.58. The van der Waals surface area contributed by atoms with Gasteiger partial charge in [-0.3, -0.25) is 9.59 Å². The second kappa shape index (κ2) is 8.56. The van der Waals surface area contributed by atoms with E-state index in [-0.39, 0.29) is 11.5 Å². The molecule has 6 heteroatoms. The number of benzene rings is 2. The van der Waals surface area contributed by atoms with Gasteiger partial charge in [-0.05, 0) is 55.0 Å². The van der Waals surface area contributed by atoms with Gasteiger partial charge in [0, 0.05) is 23.0 Å². The van der Waals surface area contributed by atoms with Crippen LogP contribution in [0.2, 0.25) is 5.02 Å². The van der Waals surface area contributed by atoms with Crippen molar-refractivity contribution in [3.05, 3.63) is 93.4 Å². The van der Waals surface area contributed by atoms with E-state index in [9.17, 15) is 9.59 Å². The second-order valence-corrected chi connectivity index (χ2v) is 6.36. The molecule has 0 radical (unpaired) electrons. The zero-order valence-electron chi connectivity index (χ0n) is 14.8. The first-order valence-corrected chi connectivity index (χ1v) is 8.92. The molecule has 0 aliphatic carbocycles. The van der Waals surface area contributed by atoms with Gasteiger partial charge in [-0.15, -0.1) is 0 Å². The minimum atomic E-state index is -0.288. The Morgan fingerprint density at radius 1 is 1.04 bits per heavy atom. The molecule has 138 valence electrons. The van der Waals surface area contributed by atoms with E-state index in [0.29, 0.717) is 29.4 Å². The molecule has 0 atom stereocenters. The zero-order chi connectivity index (χ0) is 19.2. The summed E-state index contributed by atoms with van der Waals surface area (Å²) in [7, 11) is 0. The molecular formula is C21H19ClN2O3. The van der Waals surface area contributed by atoms with Crippen LogP contribution in [-0.4, -0.2) is 17.1 Å². The van der Waals surface area contributed by atoms with Crippen LogP contribution < -0.4 is 15.6 Å². The number of hydrogen-bond donors (Lipinski definition) is 1. The smallest absolute Gasteiger partial charge is 0.257 e. The lowest BCUT2D eigenvalue weighted by molar-refractivity contribution is 0.102. The molecule has 0 saturated carbocycles. The van der Waals surface area contributed by atoms with Gasteiger partial charge in [0.25, 0.3) is 11.5 Å². The lowest BCUT2D eigenvalue weighted by atomic mass is 10.2. The van der Waals surface area contributed by atoms with E-state index in [1.54, 1.807) is 42.6 Å². The summed E-state index contributed by atoms with van der Waals surface area (Å²) >= 11 is 5.89. The zero-order valence-corrected chi connectivity index (χ0v) is 15.6. The molecule has 1 aromatic heterocycles. The summed E-state index contributed by atoms with van der Waals surface area (Å²) in [5, 5.41) is 3.45. The van der Waals surface area contributed by atoms with Gasteiger partial charge in [0.05, 0.1) is 18.7 Å². The number of carbonyl (C=O) groups excluding carboxylic acids is 1. The highest BCUT2D eigenvalue weighted by Crippen LogP contribution is 2.16. The summed E-state index contributed by atoms with van der Waals surface area (Å²) in [5.74, 6) is 0.455. The minimum Gasteiger partial charge on any atom is -0.494 e. The number of rotatable bonds is 6. The predicted octanol–water partition coefficient (Wildman–Crippen LogP) is 4.20. The van der Waals surface area contributed by atoms with E-state index >= 15 is 0 Å². The number of anilines is 1. The molecule has 0 aliphatic rings. The van der Waals surface area contributed by atoms with Crippen molar-refractivity contribution in [2.24, 2.45) is 0 Å². The van der Waals surface area contributed by atoms with E-state index < -0.39 is 0 Å². The van der Waals surface area contributed by atoms with E-state index in [4.69, 9.17) is 16.3 Å². The maximum Gasteiger partial charge on any atom is 0.257 e. The molecule has 27 heavy (non-hydrogen) atoms. The molecular weight excluding hydrogens is 364 g/mol. The first-order chi connectivity index (χ1) is 13.0. The van der Waals surface area contributed by atoms with Crippen molar-refractivity contribution in [2.45, 2.75) is 13.5 Å². The minimum absolute atomic E-state index is 0.178. The number of carbonyl (C=O) groups is 1. The Morgan fingerprint density at radius 3 is 2.41 bits per heavy atom. The van der Waals surface area contributed by atoms with Crippen LogP contribution in [0.3, 0.4) is 0 Å². The van der Waals surface area contributed by atoms with Gasteiger partial charge in [0.1, 0.15) is 5.75 Å². The summed E-state index contributed by atoms with van der Waals surface area (Å²) in [6, 6.07) is 17.3. The third-order valence-electron chi connectivity index (χ3n) is 3.94. The number of nitrogens with one attached hydrogen (secondary N) is 1. The molecule has 5 nitrogen and oxygen atoms in total. The Bertz CT molecular complexity index is 980. The quantitative estimate of drug-likeness (QED) is 0.695. The first kappa shape index (κ1) is 18.7. The van der Waals surface area contributed by atoms with Crippen molar-refractivity contribution >= 4 is 23.2 Å². The number of ether oxygens (including phenoxy) is 1. The molecule has 3 aromatic rings. The summed E-state index contributed by atoms with van der Waals surface area (Å²) in [6.07, 6.45) is 1.56. The van der Waals surface area contributed by atoms with Gasteiger partial charge in [0.15, 0.2) is 0 Å². The van der Waals surface area contributed by atoms with E-state index in [1.165, 1.54) is 16.7 Å². The van der Waals surface area contributed by atoms with Crippen molar-refractivity contribution in [1.29, 1.82) is 0 Å². The number of pyridine rings is 1. The number of hydrogen-bond acceptors (Lipinski definition) is 3. The first-order valence-electron chi connectivity index (χ1n) is 8.54. The van der Waals surface area contributed by atoms with Crippen LogP contribution in [0.5, 0.6) is 5.75 Å². The van der Waals surface area contributed by atoms with Gasteiger partial charge in [-0.1, -0.05) is 23.7 Å². The summed E-state index contributed by atoms with van der Waals surface area (Å²) < 4.78 is 6.88. The molecule has 2 aromatic carbocycles. The Balaban J connectivity index is 1.75. The molecule has 1 amide bonds. The molecule has 0 saturated heterocycles. The average Bonchev–Trinajstić information content (AvgIpc) is 2.67. The third kappa shape index (κ3) is 4.99. The average molecular weight is 383 g/mol. The van der Waals surface area contributed by atoms with Gasteiger partial charge in [-0.25, -0.2) is 0 Å². The van der Waals surface area contributed by atoms with E-state index in [1.807, 2.05) is 19.1 Å². The van der Waals surface area contributed by atoms with Crippen LogP contribution in [0.15, 0.2) is 71.7 Å². The Morgan fingerprint density at radius 2 is 1.74 bits per heavy atom. The maximum absolute atomic E-state index is 12.5. The molecule has 0 unspecified atom stereocenters. The molecule has 1 N–H and O–H groups in total. The van der Waals surface area contributed by atoms with Crippen molar-refractivity contribution in [2.75, 3.05) is 11.9 Å². The summed E-state index contributed by atoms with van der Waals surface area (Å²) in [5.41, 5.74) is 1.80. The Kier molecular flexibility index (Phi) is 5.94. The highest BCUT2D eigenvalue weighted by atomic mass is 35.5. The van der Waals surface area contributed by atoms with Gasteiger partial charge in [0.2, 0.25) is 0 Å². The van der Waals surface area contributed by atoms with Crippen molar-refractivity contribution < 1.29 is 9.53 Å². The monoisotopic (exact) mass is 382 g/mol. The Labute approximate surface area is 162 Å². The van der Waals surface area contributed by atoms with Crippen molar-refractivity contribution in [3.8, 4) is 5.75 Å². The third-order valence-corrected chi connectivity index (χ3v) is 4.19. The number of aromatic nitrogens is 1. The standard InChI is InChI=1S/C21H19ClN2O3/c1-2-27-19-10-8-18(9-11-19)23-21(26)16-5-12-20(25)24(14-16)13-15-3-6-17(22)7-4-15/h3-12,14H,2,13H2,1H3,(H,23,26). The van der Waals surface area contributed by atoms with Crippen LogP contribution in [0, 0.1) is 0 Å². The molecule has 0 fully saturated rings. The maximum atomic E-state index is 12.5. The van der Waals surface area contributed by atoms with Crippen LogP contribution in [-0.2, 0) is 6.54 Å². The Hall–Kier alpha value is -3.05. The van der Waals surface area contributed by atoms with Crippen molar-refractivity contribution in [3.63, 3.8) is 0 Å². The molecule has 1 heterocycles. The summed E-state index contributed by atoms with van der Waals surface area (Å²) in [4.78, 5) is 24.6. The normalized spacial score (nSPS) is 10.4. The highest BCUT2D eigenvalue weighted by Gasteiger charge is 2.09. The van der Waals surface area contributed by atoms with Gasteiger partial charge >= 0.3 is 0 Å². The number of nitrogens with zero attached hydrogens (tertiary/aromatic N) is 1.